The topological polar surface area (TPSA) is 86.3 Å². The molecule has 0 spiro atoms. The van der Waals surface area contributed by atoms with Gasteiger partial charge in [0.05, 0.1) is 33.5 Å². The van der Waals surface area contributed by atoms with Crippen LogP contribution in [-0.4, -0.2) is 56.4 Å². The summed E-state index contributed by atoms with van der Waals surface area (Å²) in [6.07, 6.45) is -0.342. The highest BCUT2D eigenvalue weighted by atomic mass is 16.6. The molecule has 1 N–H and O–H groups in total. The molecule has 178 valence electrons. The normalized spacial score (nSPS) is 14.7. The van der Waals surface area contributed by atoms with E-state index < -0.39 is 18.2 Å². The lowest BCUT2D eigenvalue weighted by Crippen LogP contribution is -2.52. The first-order chi connectivity index (χ1) is 16.0. The summed E-state index contributed by atoms with van der Waals surface area (Å²) in [5.74, 6) is 0.647. The number of benzene rings is 2. The van der Waals surface area contributed by atoms with Crippen molar-refractivity contribution in [2.75, 3.05) is 27.4 Å². The fourth-order valence-electron chi connectivity index (χ4n) is 3.80. The Kier molecular flexibility index (Phi) is 8.68. The summed E-state index contributed by atoms with van der Waals surface area (Å²) in [6.45, 7) is 4.93. The summed E-state index contributed by atoms with van der Waals surface area (Å²) in [5, 5.41) is 3.00. The Morgan fingerprint density at radius 3 is 2.36 bits per heavy atom. The molecule has 1 amide bonds. The molecule has 8 nitrogen and oxygen atoms in total. The van der Waals surface area contributed by atoms with Crippen molar-refractivity contribution in [1.29, 1.82) is 0 Å². The average molecular weight is 457 g/mol. The largest absolute Gasteiger partial charge is 0.493 e. The van der Waals surface area contributed by atoms with Gasteiger partial charge in [-0.25, -0.2) is 4.79 Å². The number of ether oxygens (including phenoxy) is 4. The Morgan fingerprint density at radius 1 is 1.06 bits per heavy atom. The maximum Gasteiger partial charge on any atom is 0.350 e. The van der Waals surface area contributed by atoms with Crippen LogP contribution in [-0.2, 0) is 38.6 Å². The van der Waals surface area contributed by atoms with E-state index >= 15 is 0 Å². The van der Waals surface area contributed by atoms with Crippen LogP contribution in [0.5, 0.6) is 11.5 Å². The number of rotatable bonds is 10. The van der Waals surface area contributed by atoms with Gasteiger partial charge in [-0.05, 0) is 49.1 Å². The van der Waals surface area contributed by atoms with Gasteiger partial charge in [-0.2, -0.15) is 0 Å². The molecule has 0 fully saturated rings. The molecule has 2 atom stereocenters. The summed E-state index contributed by atoms with van der Waals surface area (Å²) in [6, 6.07) is 12.8. The highest BCUT2D eigenvalue weighted by Gasteiger charge is 2.30. The average Bonchev–Trinajstić information content (AvgIpc) is 2.85. The third kappa shape index (κ3) is 6.24. The molecular weight excluding hydrogens is 424 g/mol. The number of esters is 1. The molecule has 33 heavy (non-hydrogen) atoms. The lowest BCUT2D eigenvalue weighted by Gasteiger charge is -2.32. The second-order valence-corrected chi connectivity index (χ2v) is 7.80. The number of nitrogens with one attached hydrogen (secondary N) is 1. The molecule has 0 aliphatic carbocycles. The van der Waals surface area contributed by atoms with Gasteiger partial charge in [-0.1, -0.05) is 30.3 Å². The Labute approximate surface area is 194 Å². The summed E-state index contributed by atoms with van der Waals surface area (Å²) >= 11 is 0. The van der Waals surface area contributed by atoms with Crippen molar-refractivity contribution >= 4 is 11.9 Å². The molecule has 0 radical (unpaired) electrons. The van der Waals surface area contributed by atoms with Crippen molar-refractivity contribution in [2.24, 2.45) is 0 Å². The molecule has 0 bridgehead atoms. The maximum absolute atomic E-state index is 13.2. The molecule has 0 saturated carbocycles. The van der Waals surface area contributed by atoms with E-state index in [1.807, 2.05) is 42.5 Å². The zero-order valence-corrected chi connectivity index (χ0v) is 19.6. The fourth-order valence-corrected chi connectivity index (χ4v) is 3.80. The number of hydrogen-bond acceptors (Lipinski definition) is 7. The Bertz CT molecular complexity index is 949. The summed E-state index contributed by atoms with van der Waals surface area (Å²) in [4.78, 5) is 27.4. The maximum atomic E-state index is 13.2. The van der Waals surface area contributed by atoms with Crippen LogP contribution < -0.4 is 14.8 Å². The number of amides is 1. The molecule has 2 aromatic carbocycles. The van der Waals surface area contributed by atoms with Crippen molar-refractivity contribution in [3.63, 3.8) is 0 Å². The lowest BCUT2D eigenvalue weighted by molar-refractivity contribution is -0.161. The summed E-state index contributed by atoms with van der Waals surface area (Å²) < 4.78 is 21.7. The van der Waals surface area contributed by atoms with Crippen LogP contribution in [0.4, 0.5) is 0 Å². The van der Waals surface area contributed by atoms with Gasteiger partial charge in [0.15, 0.2) is 11.5 Å². The molecule has 1 aliphatic rings. The van der Waals surface area contributed by atoms with Crippen LogP contribution in [0.15, 0.2) is 42.5 Å². The molecular formula is C25H32N2O6. The van der Waals surface area contributed by atoms with E-state index in [2.05, 4.69) is 5.32 Å². The quantitative estimate of drug-likeness (QED) is 0.435. The van der Waals surface area contributed by atoms with E-state index in [1.54, 1.807) is 33.0 Å². The van der Waals surface area contributed by atoms with Gasteiger partial charge < -0.3 is 23.8 Å². The molecule has 8 heteroatoms. The third-order valence-corrected chi connectivity index (χ3v) is 5.56. The fraction of sp³-hybridized carbons (Fsp3) is 0.440. The molecule has 0 aromatic heterocycles. The zero-order chi connectivity index (χ0) is 23.8. The summed E-state index contributed by atoms with van der Waals surface area (Å²) in [7, 11) is 3.20. The first-order valence-corrected chi connectivity index (χ1v) is 11.1. The van der Waals surface area contributed by atoms with Crippen LogP contribution in [0.1, 0.15) is 30.5 Å². The highest BCUT2D eigenvalue weighted by Crippen LogP contribution is 2.33. The molecule has 2 unspecified atom stereocenters. The van der Waals surface area contributed by atoms with Crippen molar-refractivity contribution in [1.82, 2.24) is 10.2 Å². The molecule has 3 rings (SSSR count). The van der Waals surface area contributed by atoms with E-state index in [-0.39, 0.29) is 19.1 Å². The van der Waals surface area contributed by atoms with Crippen LogP contribution >= 0.6 is 0 Å². The number of methoxy groups -OCH3 is 2. The minimum absolute atomic E-state index is 0.118. The minimum atomic E-state index is -1.05. The Morgan fingerprint density at radius 2 is 1.73 bits per heavy atom. The molecule has 1 heterocycles. The van der Waals surface area contributed by atoms with Gasteiger partial charge in [-0.15, -0.1) is 0 Å². The van der Waals surface area contributed by atoms with Gasteiger partial charge >= 0.3 is 5.97 Å². The second kappa shape index (κ2) is 11.7. The highest BCUT2D eigenvalue weighted by molar-refractivity contribution is 5.83. The minimum Gasteiger partial charge on any atom is -0.493 e. The smallest absolute Gasteiger partial charge is 0.350 e. The predicted octanol–water partition coefficient (Wildman–Crippen LogP) is 2.67. The van der Waals surface area contributed by atoms with Gasteiger partial charge in [0.1, 0.15) is 0 Å². The SMILES string of the molecule is CCOC(=O)C(NC(C)C(=O)N1CCc2cc(OC)c(OC)cc2C1)OCc1ccccc1. The van der Waals surface area contributed by atoms with Crippen LogP contribution in [0.2, 0.25) is 0 Å². The van der Waals surface area contributed by atoms with Crippen molar-refractivity contribution in [3.8, 4) is 11.5 Å². The lowest BCUT2D eigenvalue weighted by atomic mass is 9.98. The van der Waals surface area contributed by atoms with Crippen LogP contribution in [0, 0.1) is 0 Å². The first-order valence-electron chi connectivity index (χ1n) is 11.1. The Balaban J connectivity index is 1.66. The third-order valence-electron chi connectivity index (χ3n) is 5.56. The molecule has 0 saturated heterocycles. The number of nitrogens with zero attached hydrogens (tertiary/aromatic N) is 1. The number of hydrogen-bond donors (Lipinski definition) is 1. The number of carbonyl (C=O) groups excluding carboxylic acids is 2. The van der Waals surface area contributed by atoms with E-state index in [0.29, 0.717) is 31.0 Å². The Hall–Kier alpha value is -3.10. The summed E-state index contributed by atoms with van der Waals surface area (Å²) in [5.41, 5.74) is 3.07. The van der Waals surface area contributed by atoms with Crippen molar-refractivity contribution in [3.05, 3.63) is 59.2 Å². The van der Waals surface area contributed by atoms with E-state index in [0.717, 1.165) is 16.7 Å². The van der Waals surface area contributed by atoms with Gasteiger partial charge in [0.25, 0.3) is 0 Å². The van der Waals surface area contributed by atoms with Gasteiger partial charge in [-0.3, -0.25) is 10.1 Å². The van der Waals surface area contributed by atoms with Crippen LogP contribution in [0.3, 0.4) is 0 Å². The molecule has 2 aromatic rings. The number of fused-ring (bicyclic) bond motifs is 1. The standard InChI is InChI=1S/C25H32N2O6/c1-5-32-25(29)23(33-16-18-9-7-6-8-10-18)26-17(2)24(28)27-12-11-19-13-21(30-3)22(31-4)14-20(19)15-27/h6-10,13-14,17,23,26H,5,11-12,15-16H2,1-4H3. The monoisotopic (exact) mass is 456 g/mol. The molecule has 1 aliphatic heterocycles. The first kappa shape index (κ1) is 24.5. The van der Waals surface area contributed by atoms with E-state index in [9.17, 15) is 9.59 Å². The predicted molar refractivity (Wildman–Crippen MR) is 123 cm³/mol. The van der Waals surface area contributed by atoms with Crippen molar-refractivity contribution in [2.45, 2.75) is 45.7 Å². The van der Waals surface area contributed by atoms with Crippen molar-refractivity contribution < 1.29 is 28.5 Å². The zero-order valence-electron chi connectivity index (χ0n) is 19.6. The van der Waals surface area contributed by atoms with E-state index in [4.69, 9.17) is 18.9 Å². The van der Waals surface area contributed by atoms with Crippen LogP contribution in [0.25, 0.3) is 0 Å². The second-order valence-electron chi connectivity index (χ2n) is 7.80. The van der Waals surface area contributed by atoms with E-state index in [1.165, 1.54) is 0 Å². The van der Waals surface area contributed by atoms with Gasteiger partial charge in [0.2, 0.25) is 12.1 Å². The van der Waals surface area contributed by atoms with Gasteiger partial charge in [0, 0.05) is 13.1 Å². The number of carbonyl (C=O) groups is 2.